The standard InChI is InChI=1S/C14H18N2/c1-12(2)14(13-8-4-3-5-9-13)15-16-10-6-7-11-16/h3-12,14-15H,1-2H3. The van der Waals surface area contributed by atoms with Crippen LogP contribution in [0.15, 0.2) is 54.9 Å². The van der Waals surface area contributed by atoms with Gasteiger partial charge in [-0.15, -0.1) is 0 Å². The van der Waals surface area contributed by atoms with Crippen LogP contribution in [-0.4, -0.2) is 4.68 Å². The van der Waals surface area contributed by atoms with Crippen LogP contribution in [0.2, 0.25) is 0 Å². The maximum Gasteiger partial charge on any atom is 0.0696 e. The third kappa shape index (κ3) is 2.45. The molecule has 1 N–H and O–H groups in total. The molecular weight excluding hydrogens is 196 g/mol. The predicted octanol–water partition coefficient (Wildman–Crippen LogP) is 3.43. The fraction of sp³-hybridized carbons (Fsp3) is 0.286. The van der Waals surface area contributed by atoms with Gasteiger partial charge in [-0.05, 0) is 23.6 Å². The van der Waals surface area contributed by atoms with Gasteiger partial charge in [-0.25, -0.2) is 0 Å². The summed E-state index contributed by atoms with van der Waals surface area (Å²) in [6, 6.07) is 14.9. The molecule has 1 aromatic carbocycles. The van der Waals surface area contributed by atoms with Gasteiger partial charge >= 0.3 is 0 Å². The van der Waals surface area contributed by atoms with Gasteiger partial charge in [-0.1, -0.05) is 44.2 Å². The Morgan fingerprint density at radius 2 is 1.56 bits per heavy atom. The largest absolute Gasteiger partial charge is 0.319 e. The Balaban J connectivity index is 2.18. The monoisotopic (exact) mass is 214 g/mol. The van der Waals surface area contributed by atoms with Gasteiger partial charge < -0.3 is 5.43 Å². The number of nitrogens with zero attached hydrogens (tertiary/aromatic N) is 1. The molecule has 0 amide bonds. The van der Waals surface area contributed by atoms with Crippen molar-refractivity contribution in [3.8, 4) is 0 Å². The van der Waals surface area contributed by atoms with Crippen molar-refractivity contribution in [2.24, 2.45) is 5.92 Å². The molecule has 1 heterocycles. The minimum atomic E-state index is 0.341. The van der Waals surface area contributed by atoms with Gasteiger partial charge in [0.25, 0.3) is 0 Å². The van der Waals surface area contributed by atoms with Gasteiger partial charge in [0, 0.05) is 12.4 Å². The summed E-state index contributed by atoms with van der Waals surface area (Å²) in [6.45, 7) is 4.46. The minimum Gasteiger partial charge on any atom is -0.319 e. The van der Waals surface area contributed by atoms with Gasteiger partial charge in [-0.3, -0.25) is 4.68 Å². The van der Waals surface area contributed by atoms with Crippen LogP contribution in [0.3, 0.4) is 0 Å². The van der Waals surface area contributed by atoms with E-state index in [-0.39, 0.29) is 0 Å². The summed E-state index contributed by atoms with van der Waals surface area (Å²) in [7, 11) is 0. The first-order valence-electron chi connectivity index (χ1n) is 5.72. The van der Waals surface area contributed by atoms with Gasteiger partial charge in [-0.2, -0.15) is 0 Å². The van der Waals surface area contributed by atoms with Crippen molar-refractivity contribution in [1.82, 2.24) is 4.68 Å². The van der Waals surface area contributed by atoms with Crippen molar-refractivity contribution < 1.29 is 0 Å². The van der Waals surface area contributed by atoms with Crippen molar-refractivity contribution in [2.75, 3.05) is 5.43 Å². The smallest absolute Gasteiger partial charge is 0.0696 e. The molecule has 16 heavy (non-hydrogen) atoms. The second-order valence-corrected chi connectivity index (χ2v) is 4.35. The van der Waals surface area contributed by atoms with Crippen LogP contribution in [0, 0.1) is 5.92 Å². The molecule has 1 unspecified atom stereocenters. The van der Waals surface area contributed by atoms with Gasteiger partial charge in [0.15, 0.2) is 0 Å². The maximum absolute atomic E-state index is 3.49. The second-order valence-electron chi connectivity index (χ2n) is 4.35. The number of hydrogen-bond donors (Lipinski definition) is 1. The molecule has 0 aliphatic rings. The van der Waals surface area contributed by atoms with E-state index >= 15 is 0 Å². The Morgan fingerprint density at radius 3 is 2.12 bits per heavy atom. The lowest BCUT2D eigenvalue weighted by Gasteiger charge is -2.24. The van der Waals surface area contributed by atoms with Gasteiger partial charge in [0.2, 0.25) is 0 Å². The normalized spacial score (nSPS) is 12.7. The number of benzene rings is 1. The molecule has 0 aliphatic carbocycles. The highest BCUT2D eigenvalue weighted by Crippen LogP contribution is 2.22. The second kappa shape index (κ2) is 4.88. The first kappa shape index (κ1) is 10.8. The Labute approximate surface area is 96.9 Å². The highest BCUT2D eigenvalue weighted by molar-refractivity contribution is 5.21. The van der Waals surface area contributed by atoms with Crippen LogP contribution in [0.4, 0.5) is 0 Å². The van der Waals surface area contributed by atoms with Crippen LogP contribution in [0.25, 0.3) is 0 Å². The molecule has 0 fully saturated rings. The first-order chi connectivity index (χ1) is 7.77. The zero-order valence-electron chi connectivity index (χ0n) is 9.80. The molecular formula is C14H18N2. The highest BCUT2D eigenvalue weighted by atomic mass is 15.4. The summed E-state index contributed by atoms with van der Waals surface area (Å²) < 4.78 is 2.01. The van der Waals surface area contributed by atoms with E-state index in [4.69, 9.17) is 0 Å². The summed E-state index contributed by atoms with van der Waals surface area (Å²) in [5, 5.41) is 0. The molecule has 0 saturated heterocycles. The fourth-order valence-electron chi connectivity index (χ4n) is 1.85. The topological polar surface area (TPSA) is 17.0 Å². The summed E-state index contributed by atoms with van der Waals surface area (Å²) in [5.41, 5.74) is 4.82. The van der Waals surface area contributed by atoms with Crippen LogP contribution >= 0.6 is 0 Å². The third-order valence-electron chi connectivity index (χ3n) is 2.72. The van der Waals surface area contributed by atoms with E-state index in [1.165, 1.54) is 5.56 Å². The van der Waals surface area contributed by atoms with E-state index < -0.39 is 0 Å². The van der Waals surface area contributed by atoms with Gasteiger partial charge in [0.1, 0.15) is 0 Å². The summed E-state index contributed by atoms with van der Waals surface area (Å²) in [4.78, 5) is 0. The van der Waals surface area contributed by atoms with E-state index in [2.05, 4.69) is 49.6 Å². The van der Waals surface area contributed by atoms with Gasteiger partial charge in [0.05, 0.1) is 6.04 Å². The molecule has 0 saturated carbocycles. The molecule has 1 atom stereocenters. The lowest BCUT2D eigenvalue weighted by molar-refractivity contribution is 0.504. The maximum atomic E-state index is 3.49. The summed E-state index contributed by atoms with van der Waals surface area (Å²) in [6.07, 6.45) is 4.05. The van der Waals surface area contributed by atoms with E-state index in [0.717, 1.165) is 0 Å². The summed E-state index contributed by atoms with van der Waals surface area (Å²) >= 11 is 0. The molecule has 0 spiro atoms. The average molecular weight is 214 g/mol. The Kier molecular flexibility index (Phi) is 3.30. The number of aromatic nitrogens is 1. The molecule has 2 aromatic rings. The zero-order valence-corrected chi connectivity index (χ0v) is 9.80. The van der Waals surface area contributed by atoms with Crippen molar-refractivity contribution in [3.05, 3.63) is 60.4 Å². The minimum absolute atomic E-state index is 0.341. The van der Waals surface area contributed by atoms with Crippen LogP contribution in [0.5, 0.6) is 0 Å². The first-order valence-corrected chi connectivity index (χ1v) is 5.72. The van der Waals surface area contributed by atoms with E-state index in [1.54, 1.807) is 0 Å². The molecule has 0 aliphatic heterocycles. The van der Waals surface area contributed by atoms with Crippen LogP contribution in [0.1, 0.15) is 25.5 Å². The number of hydrogen-bond acceptors (Lipinski definition) is 1. The lowest BCUT2D eigenvalue weighted by Crippen LogP contribution is -2.23. The Bertz CT molecular complexity index is 404. The Morgan fingerprint density at radius 1 is 0.938 bits per heavy atom. The SMILES string of the molecule is CC(C)C(Nn1cccc1)c1ccccc1. The predicted molar refractivity (Wildman–Crippen MR) is 67.8 cm³/mol. The number of rotatable bonds is 4. The molecule has 1 aromatic heterocycles. The van der Waals surface area contributed by atoms with Crippen molar-refractivity contribution in [2.45, 2.75) is 19.9 Å². The van der Waals surface area contributed by atoms with Crippen molar-refractivity contribution in [1.29, 1.82) is 0 Å². The molecule has 2 heteroatoms. The number of nitrogens with one attached hydrogen (secondary N) is 1. The lowest BCUT2D eigenvalue weighted by atomic mass is 9.97. The summed E-state index contributed by atoms with van der Waals surface area (Å²) in [5.74, 6) is 0.546. The van der Waals surface area contributed by atoms with Crippen molar-refractivity contribution >= 4 is 0 Å². The third-order valence-corrected chi connectivity index (χ3v) is 2.72. The highest BCUT2D eigenvalue weighted by Gasteiger charge is 2.14. The quantitative estimate of drug-likeness (QED) is 0.825. The van der Waals surface area contributed by atoms with Crippen LogP contribution in [-0.2, 0) is 0 Å². The average Bonchev–Trinajstić information content (AvgIpc) is 2.79. The molecule has 84 valence electrons. The molecule has 0 bridgehead atoms. The van der Waals surface area contributed by atoms with E-state index in [1.807, 2.05) is 29.2 Å². The molecule has 2 nitrogen and oxygen atoms in total. The molecule has 2 rings (SSSR count). The Hall–Kier alpha value is -1.70. The zero-order chi connectivity index (χ0) is 11.4. The van der Waals surface area contributed by atoms with E-state index in [9.17, 15) is 0 Å². The van der Waals surface area contributed by atoms with Crippen LogP contribution < -0.4 is 5.43 Å². The van der Waals surface area contributed by atoms with Crippen molar-refractivity contribution in [3.63, 3.8) is 0 Å². The fourth-order valence-corrected chi connectivity index (χ4v) is 1.85. The van der Waals surface area contributed by atoms with E-state index in [0.29, 0.717) is 12.0 Å². The molecule has 0 radical (unpaired) electrons.